The molecule has 8 nitrogen and oxygen atoms in total. The number of nitrogens with zero attached hydrogens (tertiary/aromatic N) is 3. The third kappa shape index (κ3) is 2.33. The molecule has 19 heavy (non-hydrogen) atoms. The lowest BCUT2D eigenvalue weighted by Gasteiger charge is -2.01. The van der Waals surface area contributed by atoms with Crippen LogP contribution in [0.1, 0.15) is 10.5 Å². The summed E-state index contributed by atoms with van der Waals surface area (Å²) in [6.45, 7) is 0. The maximum Gasteiger partial charge on any atom is 0.360 e. The number of carboxylic acid groups (broad SMARTS) is 1. The van der Waals surface area contributed by atoms with E-state index in [-0.39, 0.29) is 10.7 Å². The van der Waals surface area contributed by atoms with Crippen molar-refractivity contribution in [3.8, 4) is 11.4 Å². The monoisotopic (exact) mass is 283 g/mol. The molecule has 1 heterocycles. The van der Waals surface area contributed by atoms with Crippen molar-refractivity contribution < 1.29 is 19.9 Å². The van der Waals surface area contributed by atoms with Gasteiger partial charge in [-0.3, -0.25) is 10.1 Å². The zero-order valence-electron chi connectivity index (χ0n) is 9.15. The number of aromatic carboxylic acids is 1. The first-order chi connectivity index (χ1) is 8.90. The Bertz CT molecular complexity index is 682. The van der Waals surface area contributed by atoms with Crippen molar-refractivity contribution >= 4 is 23.3 Å². The van der Waals surface area contributed by atoms with Crippen molar-refractivity contribution in [2.24, 2.45) is 0 Å². The van der Waals surface area contributed by atoms with Gasteiger partial charge >= 0.3 is 5.97 Å². The van der Waals surface area contributed by atoms with Gasteiger partial charge in [0.25, 0.3) is 5.69 Å². The quantitative estimate of drug-likeness (QED) is 0.655. The van der Waals surface area contributed by atoms with E-state index in [0.29, 0.717) is 5.69 Å². The van der Waals surface area contributed by atoms with Crippen molar-refractivity contribution in [2.75, 3.05) is 0 Å². The van der Waals surface area contributed by atoms with Gasteiger partial charge in [0, 0.05) is 6.07 Å². The molecule has 0 aliphatic carbocycles. The molecular formula is C10H6ClN3O5. The van der Waals surface area contributed by atoms with Gasteiger partial charge in [-0.25, -0.2) is 9.48 Å². The van der Waals surface area contributed by atoms with Crippen molar-refractivity contribution in [3.63, 3.8) is 0 Å². The van der Waals surface area contributed by atoms with E-state index in [1.165, 1.54) is 12.1 Å². The molecule has 0 aliphatic rings. The summed E-state index contributed by atoms with van der Waals surface area (Å²) < 4.78 is 1.06. The Balaban J connectivity index is 2.48. The third-order valence-corrected chi connectivity index (χ3v) is 2.59. The molecule has 0 fully saturated rings. The molecule has 9 heteroatoms. The average Bonchev–Trinajstić information content (AvgIpc) is 2.70. The molecule has 2 N–H and O–H groups in total. The average molecular weight is 284 g/mol. The second kappa shape index (κ2) is 4.58. The molecule has 0 unspecified atom stereocenters. The van der Waals surface area contributed by atoms with Crippen molar-refractivity contribution in [1.29, 1.82) is 0 Å². The molecule has 0 spiro atoms. The van der Waals surface area contributed by atoms with Gasteiger partial charge in [-0.15, -0.1) is 0 Å². The summed E-state index contributed by atoms with van der Waals surface area (Å²) >= 11 is 5.72. The van der Waals surface area contributed by atoms with E-state index in [1.807, 2.05) is 0 Å². The number of benzene rings is 1. The van der Waals surface area contributed by atoms with E-state index in [1.54, 1.807) is 0 Å². The number of aromatic hydroxyl groups is 1. The van der Waals surface area contributed by atoms with Crippen molar-refractivity contribution in [3.05, 3.63) is 45.2 Å². The molecule has 0 saturated heterocycles. The van der Waals surface area contributed by atoms with E-state index in [0.717, 1.165) is 16.9 Å². The normalized spacial score (nSPS) is 10.4. The number of hydrogen-bond acceptors (Lipinski definition) is 5. The first kappa shape index (κ1) is 12.8. The van der Waals surface area contributed by atoms with Gasteiger partial charge in [-0.2, -0.15) is 5.10 Å². The largest absolute Gasteiger partial charge is 0.504 e. The molecule has 2 aromatic rings. The number of aromatic nitrogens is 2. The number of nitro groups is 1. The highest BCUT2D eigenvalue weighted by Gasteiger charge is 2.17. The van der Waals surface area contributed by atoms with Crippen LogP contribution in [0.4, 0.5) is 5.69 Å². The molecule has 98 valence electrons. The van der Waals surface area contributed by atoms with Crippen LogP contribution >= 0.6 is 11.6 Å². The maximum atomic E-state index is 10.7. The van der Waals surface area contributed by atoms with Gasteiger partial charge in [-0.1, -0.05) is 11.6 Å². The van der Waals surface area contributed by atoms with E-state index in [4.69, 9.17) is 16.7 Å². The van der Waals surface area contributed by atoms with E-state index in [2.05, 4.69) is 5.10 Å². The molecule has 1 aromatic carbocycles. The van der Waals surface area contributed by atoms with E-state index in [9.17, 15) is 20.0 Å². The highest BCUT2D eigenvalue weighted by Crippen LogP contribution is 2.27. The van der Waals surface area contributed by atoms with Crippen LogP contribution in [-0.2, 0) is 0 Å². The Morgan fingerprint density at radius 2 is 2.16 bits per heavy atom. The smallest absolute Gasteiger partial charge is 0.360 e. The molecule has 0 atom stereocenters. The third-order valence-electron chi connectivity index (χ3n) is 2.29. The van der Waals surface area contributed by atoms with Crippen LogP contribution in [0.25, 0.3) is 5.69 Å². The summed E-state index contributed by atoms with van der Waals surface area (Å²) in [4.78, 5) is 20.7. The Morgan fingerprint density at radius 1 is 1.47 bits per heavy atom. The predicted octanol–water partition coefficient (Wildman–Crippen LogP) is 1.84. The minimum absolute atomic E-state index is 0.116. The lowest BCUT2D eigenvalue weighted by Crippen LogP contribution is -2.01. The zero-order chi connectivity index (χ0) is 14.2. The summed E-state index contributed by atoms with van der Waals surface area (Å²) in [5.74, 6) is -1.90. The highest BCUT2D eigenvalue weighted by atomic mass is 35.5. The standard InChI is InChI=1S/C10H6ClN3O5/c11-6-3-5(1-2-7(6)14(18)19)13-4-8(15)9(12-13)10(16)17/h1-4,15H,(H,16,17). The van der Waals surface area contributed by atoms with Crippen LogP contribution in [0.15, 0.2) is 24.4 Å². The molecule has 0 saturated carbocycles. The lowest BCUT2D eigenvalue weighted by molar-refractivity contribution is -0.384. The molecule has 0 bridgehead atoms. The molecule has 1 aromatic heterocycles. The number of hydrogen-bond donors (Lipinski definition) is 2. The maximum absolute atomic E-state index is 10.7. The van der Waals surface area contributed by atoms with Gasteiger partial charge in [-0.05, 0) is 12.1 Å². The van der Waals surface area contributed by atoms with Crippen molar-refractivity contribution in [1.82, 2.24) is 9.78 Å². The second-order valence-electron chi connectivity index (χ2n) is 3.51. The molecule has 0 amide bonds. The number of rotatable bonds is 3. The van der Waals surface area contributed by atoms with Crippen LogP contribution in [0.3, 0.4) is 0 Å². The minimum atomic E-state index is -1.38. The molecule has 0 radical (unpaired) electrons. The number of carboxylic acids is 1. The highest BCUT2D eigenvalue weighted by molar-refractivity contribution is 6.32. The summed E-state index contributed by atoms with van der Waals surface area (Å²) in [5, 5.41) is 32.2. The Labute approximate surface area is 110 Å². The van der Waals surface area contributed by atoms with Crippen LogP contribution in [-0.4, -0.2) is 30.9 Å². The Hall–Kier alpha value is -2.61. The lowest BCUT2D eigenvalue weighted by atomic mass is 10.3. The number of halogens is 1. The summed E-state index contributed by atoms with van der Waals surface area (Å²) in [6, 6.07) is 3.75. The number of nitro benzene ring substituents is 1. The predicted molar refractivity (Wildman–Crippen MR) is 63.9 cm³/mol. The molecule has 2 rings (SSSR count). The van der Waals surface area contributed by atoms with Crippen LogP contribution in [0.2, 0.25) is 5.02 Å². The summed E-state index contributed by atoms with van der Waals surface area (Å²) in [6.07, 6.45) is 1.07. The van der Waals surface area contributed by atoms with Gasteiger partial charge in [0.1, 0.15) is 5.02 Å². The van der Waals surface area contributed by atoms with E-state index >= 15 is 0 Å². The Morgan fingerprint density at radius 3 is 2.63 bits per heavy atom. The van der Waals surface area contributed by atoms with Gasteiger partial charge in [0.15, 0.2) is 5.75 Å². The van der Waals surface area contributed by atoms with Crippen LogP contribution in [0, 0.1) is 10.1 Å². The SMILES string of the molecule is O=C(O)c1nn(-c2ccc([N+](=O)[O-])c(Cl)c2)cc1O. The first-order valence-electron chi connectivity index (χ1n) is 4.86. The second-order valence-corrected chi connectivity index (χ2v) is 3.91. The van der Waals surface area contributed by atoms with Gasteiger partial charge < -0.3 is 10.2 Å². The fourth-order valence-electron chi connectivity index (χ4n) is 1.44. The summed E-state index contributed by atoms with van der Waals surface area (Å²) in [5.41, 5.74) is -0.506. The van der Waals surface area contributed by atoms with Crippen LogP contribution < -0.4 is 0 Å². The first-order valence-corrected chi connectivity index (χ1v) is 5.24. The molecular weight excluding hydrogens is 278 g/mol. The summed E-state index contributed by atoms with van der Waals surface area (Å²) in [7, 11) is 0. The van der Waals surface area contributed by atoms with Gasteiger partial charge in [0.2, 0.25) is 5.69 Å². The van der Waals surface area contributed by atoms with E-state index < -0.39 is 22.3 Å². The number of carbonyl (C=O) groups is 1. The van der Waals surface area contributed by atoms with Crippen LogP contribution in [0.5, 0.6) is 5.75 Å². The minimum Gasteiger partial charge on any atom is -0.504 e. The van der Waals surface area contributed by atoms with Crippen molar-refractivity contribution in [2.45, 2.75) is 0 Å². The Kier molecular flexibility index (Phi) is 3.09. The molecule has 0 aliphatic heterocycles. The zero-order valence-corrected chi connectivity index (χ0v) is 9.90. The fourth-order valence-corrected chi connectivity index (χ4v) is 1.68. The van der Waals surface area contributed by atoms with Gasteiger partial charge in [0.05, 0.1) is 16.8 Å². The topological polar surface area (TPSA) is 118 Å². The fraction of sp³-hybridized carbons (Fsp3) is 0.